The molecule has 0 aliphatic carbocycles. The molecule has 37 heavy (non-hydrogen) atoms. The van der Waals surface area contributed by atoms with Crippen molar-refractivity contribution in [2.75, 3.05) is 5.32 Å². The molecule has 0 spiro atoms. The van der Waals surface area contributed by atoms with E-state index in [0.29, 0.717) is 34.7 Å². The summed E-state index contributed by atoms with van der Waals surface area (Å²) in [6.07, 6.45) is -1.20. The van der Waals surface area contributed by atoms with E-state index in [-0.39, 0.29) is 5.56 Å². The molecule has 9 heteroatoms. The van der Waals surface area contributed by atoms with Crippen LogP contribution in [-0.2, 0) is 12.7 Å². The number of alkyl halides is 3. The maximum absolute atomic E-state index is 13.0. The summed E-state index contributed by atoms with van der Waals surface area (Å²) < 4.78 is 41.0. The van der Waals surface area contributed by atoms with Crippen molar-refractivity contribution in [1.82, 2.24) is 14.5 Å². The molecule has 0 fully saturated rings. The van der Waals surface area contributed by atoms with Crippen molar-refractivity contribution in [2.24, 2.45) is 0 Å². The zero-order valence-corrected chi connectivity index (χ0v) is 19.2. The fraction of sp³-hybridized carbons (Fsp3) is 0.0714. The van der Waals surface area contributed by atoms with Crippen LogP contribution in [0.2, 0.25) is 0 Å². The van der Waals surface area contributed by atoms with Crippen LogP contribution >= 0.6 is 0 Å². The van der Waals surface area contributed by atoms with Gasteiger partial charge in [-0.25, -0.2) is 9.97 Å². The Morgan fingerprint density at radius 2 is 1.78 bits per heavy atom. The molecule has 3 aromatic carbocycles. The number of carbonyl (C=O) groups excluding carboxylic acids is 1. The molecule has 5 rings (SSSR count). The van der Waals surface area contributed by atoms with Gasteiger partial charge in [0.25, 0.3) is 5.91 Å². The molecule has 0 aliphatic rings. The summed E-state index contributed by atoms with van der Waals surface area (Å²) in [5, 5.41) is 12.6. The SMILES string of the molecule is N#Cc1cccc(Cn2ccc3c(-c4cccc(NC(=O)c5cccc(C(F)(F)F)c5)c4)ncnc32)c1. The minimum atomic E-state index is -4.54. The number of nitrogens with zero attached hydrogens (tertiary/aromatic N) is 4. The van der Waals surface area contributed by atoms with Gasteiger partial charge in [-0.15, -0.1) is 0 Å². The first-order valence-electron chi connectivity index (χ1n) is 11.2. The van der Waals surface area contributed by atoms with Crippen LogP contribution < -0.4 is 5.32 Å². The summed E-state index contributed by atoms with van der Waals surface area (Å²) >= 11 is 0. The number of nitrogens with one attached hydrogen (secondary N) is 1. The minimum Gasteiger partial charge on any atom is -0.328 e. The molecule has 0 unspecified atom stereocenters. The third-order valence-electron chi connectivity index (χ3n) is 5.81. The fourth-order valence-corrected chi connectivity index (χ4v) is 4.08. The Morgan fingerprint density at radius 1 is 0.973 bits per heavy atom. The van der Waals surface area contributed by atoms with Crippen LogP contribution in [0.4, 0.5) is 18.9 Å². The number of halogens is 3. The standard InChI is InChI=1S/C28H18F3N5O/c29-28(30,31)22-8-2-7-21(13-22)27(37)35-23-9-3-6-20(14-23)25-24-10-11-36(26(24)34-17-33-25)16-19-5-1-4-18(12-19)15-32/h1-14,17H,16H2,(H,35,37). The van der Waals surface area contributed by atoms with Gasteiger partial charge in [0.05, 0.1) is 22.9 Å². The summed E-state index contributed by atoms with van der Waals surface area (Å²) in [6, 6.07) is 22.6. The maximum atomic E-state index is 13.0. The van der Waals surface area contributed by atoms with Gasteiger partial charge in [-0.2, -0.15) is 18.4 Å². The number of carbonyl (C=O) groups is 1. The smallest absolute Gasteiger partial charge is 0.328 e. The van der Waals surface area contributed by atoms with Crippen LogP contribution in [0.1, 0.15) is 27.0 Å². The molecule has 1 amide bonds. The van der Waals surface area contributed by atoms with E-state index in [2.05, 4.69) is 21.4 Å². The van der Waals surface area contributed by atoms with Crippen molar-refractivity contribution < 1.29 is 18.0 Å². The topological polar surface area (TPSA) is 83.6 Å². The summed E-state index contributed by atoms with van der Waals surface area (Å²) in [6.45, 7) is 0.516. The van der Waals surface area contributed by atoms with E-state index < -0.39 is 17.6 Å². The van der Waals surface area contributed by atoms with E-state index >= 15 is 0 Å². The van der Waals surface area contributed by atoms with E-state index in [4.69, 9.17) is 5.26 Å². The largest absolute Gasteiger partial charge is 0.416 e. The van der Waals surface area contributed by atoms with E-state index in [1.807, 2.05) is 41.1 Å². The van der Waals surface area contributed by atoms with Crippen LogP contribution in [-0.4, -0.2) is 20.4 Å². The van der Waals surface area contributed by atoms with Gasteiger partial charge >= 0.3 is 6.18 Å². The average molecular weight is 497 g/mol. The van der Waals surface area contributed by atoms with Crippen molar-refractivity contribution >= 4 is 22.6 Å². The van der Waals surface area contributed by atoms with Crippen LogP contribution in [0.3, 0.4) is 0 Å². The second kappa shape index (κ2) is 9.59. The lowest BCUT2D eigenvalue weighted by atomic mass is 10.1. The minimum absolute atomic E-state index is 0.0952. The first-order chi connectivity index (χ1) is 17.8. The Bertz CT molecular complexity index is 1670. The molecular weight excluding hydrogens is 479 g/mol. The molecule has 0 atom stereocenters. The number of fused-ring (bicyclic) bond motifs is 1. The fourth-order valence-electron chi connectivity index (χ4n) is 4.08. The third-order valence-corrected chi connectivity index (χ3v) is 5.81. The van der Waals surface area contributed by atoms with Crippen molar-refractivity contribution in [2.45, 2.75) is 12.7 Å². The number of amides is 1. The predicted octanol–water partition coefficient (Wildman–Crippen LogP) is 6.29. The first kappa shape index (κ1) is 23.8. The number of nitriles is 1. The number of benzene rings is 3. The van der Waals surface area contributed by atoms with Crippen molar-refractivity contribution in [3.63, 3.8) is 0 Å². The van der Waals surface area contributed by atoms with Crippen LogP contribution in [0, 0.1) is 11.3 Å². The Kier molecular flexibility index (Phi) is 6.15. The van der Waals surface area contributed by atoms with Crippen LogP contribution in [0.25, 0.3) is 22.3 Å². The molecule has 2 heterocycles. The summed E-state index contributed by atoms with van der Waals surface area (Å²) in [7, 11) is 0. The van der Waals surface area contributed by atoms with Gasteiger partial charge in [-0.05, 0) is 54.1 Å². The molecule has 1 N–H and O–H groups in total. The zero-order chi connectivity index (χ0) is 26.0. The zero-order valence-electron chi connectivity index (χ0n) is 19.2. The molecule has 5 aromatic rings. The number of hydrogen-bond acceptors (Lipinski definition) is 4. The van der Waals surface area contributed by atoms with E-state index in [0.717, 1.165) is 23.1 Å². The lowest BCUT2D eigenvalue weighted by molar-refractivity contribution is -0.137. The highest BCUT2D eigenvalue weighted by Gasteiger charge is 2.30. The van der Waals surface area contributed by atoms with Gasteiger partial charge in [0, 0.05) is 34.9 Å². The highest BCUT2D eigenvalue weighted by Crippen LogP contribution is 2.31. The molecule has 6 nitrogen and oxygen atoms in total. The molecule has 2 aromatic heterocycles. The highest BCUT2D eigenvalue weighted by atomic mass is 19.4. The number of hydrogen-bond donors (Lipinski definition) is 1. The van der Waals surface area contributed by atoms with Gasteiger partial charge in [-0.1, -0.05) is 30.3 Å². The van der Waals surface area contributed by atoms with E-state index in [9.17, 15) is 18.0 Å². The normalized spacial score (nSPS) is 11.3. The highest BCUT2D eigenvalue weighted by molar-refractivity contribution is 6.05. The molecule has 0 radical (unpaired) electrons. The maximum Gasteiger partial charge on any atom is 0.416 e. The van der Waals surface area contributed by atoms with Gasteiger partial charge in [0.1, 0.15) is 12.0 Å². The Balaban J connectivity index is 1.42. The summed E-state index contributed by atoms with van der Waals surface area (Å²) in [4.78, 5) is 21.5. The van der Waals surface area contributed by atoms with Crippen molar-refractivity contribution in [3.8, 4) is 17.3 Å². The third kappa shape index (κ3) is 5.04. The summed E-state index contributed by atoms with van der Waals surface area (Å²) in [5.41, 5.74) is 3.01. The molecule has 0 saturated carbocycles. The summed E-state index contributed by atoms with van der Waals surface area (Å²) in [5.74, 6) is -0.651. The second-order valence-corrected chi connectivity index (χ2v) is 8.33. The number of anilines is 1. The van der Waals surface area contributed by atoms with Crippen LogP contribution in [0.15, 0.2) is 91.4 Å². The van der Waals surface area contributed by atoms with Gasteiger partial charge < -0.3 is 9.88 Å². The van der Waals surface area contributed by atoms with Gasteiger partial charge in [0.15, 0.2) is 0 Å². The first-order valence-corrected chi connectivity index (χ1v) is 11.2. The van der Waals surface area contributed by atoms with Crippen LogP contribution in [0.5, 0.6) is 0 Å². The van der Waals surface area contributed by atoms with E-state index in [1.165, 1.54) is 18.5 Å². The lowest BCUT2D eigenvalue weighted by Crippen LogP contribution is -2.14. The number of aromatic nitrogens is 3. The van der Waals surface area contributed by atoms with E-state index in [1.54, 1.807) is 24.3 Å². The van der Waals surface area contributed by atoms with Crippen molar-refractivity contribution in [3.05, 3.63) is 114 Å². The van der Waals surface area contributed by atoms with Gasteiger partial charge in [-0.3, -0.25) is 4.79 Å². The lowest BCUT2D eigenvalue weighted by Gasteiger charge is -2.10. The monoisotopic (exact) mass is 497 g/mol. The quantitative estimate of drug-likeness (QED) is 0.309. The average Bonchev–Trinajstić information content (AvgIpc) is 3.31. The van der Waals surface area contributed by atoms with Crippen molar-refractivity contribution in [1.29, 1.82) is 5.26 Å². The molecule has 0 bridgehead atoms. The van der Waals surface area contributed by atoms with Gasteiger partial charge in [0.2, 0.25) is 0 Å². The molecule has 182 valence electrons. The Hall–Kier alpha value is -4.97. The Morgan fingerprint density at radius 3 is 2.59 bits per heavy atom. The molecular formula is C28H18F3N5O. The number of rotatable bonds is 5. The predicted molar refractivity (Wildman–Crippen MR) is 133 cm³/mol. The Labute approximate surface area is 209 Å². The second-order valence-electron chi connectivity index (χ2n) is 8.33. The molecule has 0 aliphatic heterocycles. The molecule has 0 saturated heterocycles.